The van der Waals surface area contributed by atoms with E-state index in [4.69, 9.17) is 28.3 Å². The summed E-state index contributed by atoms with van der Waals surface area (Å²) in [5.41, 5.74) is 1.67. The summed E-state index contributed by atoms with van der Waals surface area (Å²) in [6, 6.07) is 11.7. The third-order valence-electron chi connectivity index (χ3n) is 11.7. The SMILES string of the molecule is CC1(c2ncc(C3Oc4cc(B5OC(C)(C)C(C)(C)O5)cc(F)c4-c4cc5cc(B6OC(C)(C)C(C)(C)O6)ccc5n43)s2)CCCC1. The number of hydrogen-bond acceptors (Lipinski definition) is 7. The van der Waals surface area contributed by atoms with Crippen molar-refractivity contribution < 1.29 is 27.7 Å². The number of benzene rings is 2. The van der Waals surface area contributed by atoms with Crippen LogP contribution in [0.1, 0.15) is 104 Å². The molecule has 2 saturated heterocycles. The fraction of sp³-hybridized carbons (Fsp3) is 0.528. The molecule has 3 fully saturated rings. The van der Waals surface area contributed by atoms with Crippen molar-refractivity contribution in [1.82, 2.24) is 9.55 Å². The van der Waals surface area contributed by atoms with Crippen molar-refractivity contribution in [3.05, 3.63) is 58.3 Å². The van der Waals surface area contributed by atoms with Crippen molar-refractivity contribution in [1.29, 1.82) is 0 Å². The lowest BCUT2D eigenvalue weighted by atomic mass is 9.78. The van der Waals surface area contributed by atoms with Gasteiger partial charge in [0.05, 0.1) is 49.1 Å². The molecular weight excluding hydrogens is 613 g/mol. The number of halogens is 1. The first-order valence-corrected chi connectivity index (χ1v) is 17.6. The standard InChI is InChI=1S/C36H43B2FN2O5S/c1-32(2)33(3,4)44-37(43-32)22-12-13-25-21(16-22)17-26-29-24(39)18-23(38-45-34(5,6)35(7,8)46-38)19-27(29)42-30(41(25)26)28-20-40-31(47-28)36(9)14-10-11-15-36/h12-13,16-20,30H,10-11,14-15H2,1-9H3. The number of thiazole rings is 1. The van der Waals surface area contributed by atoms with Gasteiger partial charge >= 0.3 is 14.2 Å². The summed E-state index contributed by atoms with van der Waals surface area (Å²) in [6.07, 6.45) is 6.13. The topological polar surface area (TPSA) is 64.0 Å². The van der Waals surface area contributed by atoms with Crippen LogP contribution in [0.2, 0.25) is 0 Å². The quantitative estimate of drug-likeness (QED) is 0.216. The van der Waals surface area contributed by atoms with Crippen LogP contribution in [0.15, 0.2) is 42.6 Å². The molecule has 2 aromatic heterocycles. The minimum Gasteiger partial charge on any atom is -0.464 e. The number of aromatic nitrogens is 2. The lowest BCUT2D eigenvalue weighted by Gasteiger charge is -2.32. The second-order valence-electron chi connectivity index (χ2n) is 16.1. The smallest absolute Gasteiger partial charge is 0.464 e. The highest BCUT2D eigenvalue weighted by Gasteiger charge is 2.53. The Morgan fingerprint density at radius 1 is 0.787 bits per heavy atom. The molecule has 1 saturated carbocycles. The summed E-state index contributed by atoms with van der Waals surface area (Å²) in [6.45, 7) is 18.5. The molecular formula is C36H43B2FN2O5S. The van der Waals surface area contributed by atoms with Crippen LogP contribution in [0.4, 0.5) is 4.39 Å². The average molecular weight is 656 g/mol. The molecule has 5 heterocycles. The van der Waals surface area contributed by atoms with Gasteiger partial charge in [-0.1, -0.05) is 31.9 Å². The average Bonchev–Trinajstić information content (AvgIpc) is 3.79. The summed E-state index contributed by atoms with van der Waals surface area (Å²) in [4.78, 5) is 5.92. The molecule has 1 unspecified atom stereocenters. The van der Waals surface area contributed by atoms with Crippen molar-refractivity contribution in [2.75, 3.05) is 0 Å². The van der Waals surface area contributed by atoms with Gasteiger partial charge in [-0.15, -0.1) is 11.3 Å². The fourth-order valence-electron chi connectivity index (χ4n) is 7.29. The predicted molar refractivity (Wildman–Crippen MR) is 185 cm³/mol. The normalized spacial score (nSPS) is 24.9. The van der Waals surface area contributed by atoms with Crippen molar-refractivity contribution in [2.24, 2.45) is 0 Å². The molecule has 11 heteroatoms. The lowest BCUT2D eigenvalue weighted by Crippen LogP contribution is -2.41. The van der Waals surface area contributed by atoms with Crippen LogP contribution in [-0.4, -0.2) is 46.2 Å². The van der Waals surface area contributed by atoms with E-state index in [0.717, 1.165) is 44.8 Å². The maximum absolute atomic E-state index is 16.4. The Hall–Kier alpha value is -2.69. The van der Waals surface area contributed by atoms with Gasteiger partial charge in [0.15, 0.2) is 0 Å². The Bertz CT molecular complexity index is 1880. The van der Waals surface area contributed by atoms with Crippen LogP contribution in [0.5, 0.6) is 5.75 Å². The van der Waals surface area contributed by atoms with E-state index in [1.54, 1.807) is 11.3 Å². The van der Waals surface area contributed by atoms with E-state index in [0.29, 0.717) is 16.8 Å². The molecule has 4 aromatic rings. The van der Waals surface area contributed by atoms with Gasteiger partial charge in [0.1, 0.15) is 11.6 Å². The number of hydrogen-bond donors (Lipinski definition) is 0. The highest BCUT2D eigenvalue weighted by atomic mass is 32.1. The molecule has 0 bridgehead atoms. The Morgan fingerprint density at radius 3 is 2.00 bits per heavy atom. The van der Waals surface area contributed by atoms with Crippen LogP contribution in [0.3, 0.4) is 0 Å². The molecule has 246 valence electrons. The first-order valence-electron chi connectivity index (χ1n) is 16.8. The highest BCUT2D eigenvalue weighted by molar-refractivity contribution is 7.11. The molecule has 1 aliphatic carbocycles. The summed E-state index contributed by atoms with van der Waals surface area (Å²) >= 11 is 1.70. The Labute approximate surface area is 281 Å². The van der Waals surface area contributed by atoms with Gasteiger partial charge < -0.3 is 23.4 Å². The molecule has 2 aromatic carbocycles. The minimum atomic E-state index is -0.713. The zero-order chi connectivity index (χ0) is 33.3. The molecule has 0 amide bonds. The van der Waals surface area contributed by atoms with Gasteiger partial charge in [0.25, 0.3) is 0 Å². The number of nitrogens with zero attached hydrogens (tertiary/aromatic N) is 2. The Balaban J connectivity index is 1.25. The van der Waals surface area contributed by atoms with Crippen LogP contribution < -0.4 is 15.7 Å². The Morgan fingerprint density at radius 2 is 1.38 bits per heavy atom. The molecule has 7 nitrogen and oxygen atoms in total. The van der Waals surface area contributed by atoms with Crippen molar-refractivity contribution >= 4 is 47.4 Å². The lowest BCUT2D eigenvalue weighted by molar-refractivity contribution is 0.00578. The molecule has 8 rings (SSSR count). The van der Waals surface area contributed by atoms with Crippen LogP contribution in [0.25, 0.3) is 22.2 Å². The van der Waals surface area contributed by atoms with E-state index in [1.807, 2.05) is 46.0 Å². The maximum atomic E-state index is 16.4. The van der Waals surface area contributed by atoms with Gasteiger partial charge in [0.2, 0.25) is 6.23 Å². The van der Waals surface area contributed by atoms with E-state index in [2.05, 4.69) is 57.4 Å². The second kappa shape index (κ2) is 10.2. The largest absolute Gasteiger partial charge is 0.495 e. The van der Waals surface area contributed by atoms with Gasteiger partial charge in [-0.3, -0.25) is 4.57 Å². The molecule has 0 spiro atoms. The Kier molecular flexibility index (Phi) is 6.83. The first-order chi connectivity index (χ1) is 22.0. The van der Waals surface area contributed by atoms with Crippen LogP contribution >= 0.6 is 11.3 Å². The van der Waals surface area contributed by atoms with Crippen molar-refractivity contribution in [3.63, 3.8) is 0 Å². The third kappa shape index (κ3) is 4.78. The van der Waals surface area contributed by atoms with Crippen LogP contribution in [-0.2, 0) is 24.0 Å². The summed E-state index contributed by atoms with van der Waals surface area (Å²) in [7, 11) is -1.22. The van der Waals surface area contributed by atoms with E-state index in [-0.39, 0.29) is 11.2 Å². The van der Waals surface area contributed by atoms with Gasteiger partial charge in [0, 0.05) is 17.0 Å². The molecule has 47 heavy (non-hydrogen) atoms. The minimum absolute atomic E-state index is 0.0743. The van der Waals surface area contributed by atoms with E-state index < -0.39 is 42.9 Å². The summed E-state index contributed by atoms with van der Waals surface area (Å²) in [5, 5.41) is 2.09. The second-order valence-corrected chi connectivity index (χ2v) is 17.1. The van der Waals surface area contributed by atoms with Crippen molar-refractivity contribution in [3.8, 4) is 17.0 Å². The molecule has 0 N–H and O–H groups in total. The first kappa shape index (κ1) is 31.6. The van der Waals surface area contributed by atoms with Crippen LogP contribution in [0, 0.1) is 5.82 Å². The summed E-state index contributed by atoms with van der Waals surface area (Å²) < 4.78 is 50.7. The monoisotopic (exact) mass is 656 g/mol. The third-order valence-corrected chi connectivity index (χ3v) is 13.0. The summed E-state index contributed by atoms with van der Waals surface area (Å²) in [5.74, 6) is 0.0765. The molecule has 4 aliphatic rings. The zero-order valence-corrected chi connectivity index (χ0v) is 29.6. The van der Waals surface area contributed by atoms with Crippen molar-refractivity contribution in [2.45, 2.75) is 122 Å². The van der Waals surface area contributed by atoms with E-state index >= 15 is 4.39 Å². The fourth-order valence-corrected chi connectivity index (χ4v) is 8.43. The molecule has 0 radical (unpaired) electrons. The van der Waals surface area contributed by atoms with Gasteiger partial charge in [-0.25, -0.2) is 9.37 Å². The number of rotatable bonds is 4. The molecule has 1 atom stereocenters. The zero-order valence-electron chi connectivity index (χ0n) is 28.8. The number of ether oxygens (including phenoxy) is 1. The molecule has 3 aliphatic heterocycles. The maximum Gasteiger partial charge on any atom is 0.495 e. The van der Waals surface area contributed by atoms with E-state index in [9.17, 15) is 0 Å². The van der Waals surface area contributed by atoms with Gasteiger partial charge in [-0.2, -0.15) is 0 Å². The van der Waals surface area contributed by atoms with Gasteiger partial charge in [-0.05, 0) is 103 Å². The van der Waals surface area contributed by atoms with E-state index in [1.165, 1.54) is 18.9 Å². The number of fused-ring (bicyclic) bond motifs is 5. The highest BCUT2D eigenvalue weighted by Crippen LogP contribution is 2.49. The predicted octanol–water partition coefficient (Wildman–Crippen LogP) is 7.27.